The first-order chi connectivity index (χ1) is 23.7. The molecule has 49 heavy (non-hydrogen) atoms. The molecule has 7 atom stereocenters. The van der Waals surface area contributed by atoms with E-state index < -0.39 is 16.6 Å². The number of thioether (sulfide) groups is 2. The predicted octanol–water partition coefficient (Wildman–Crippen LogP) is 7.62. The fraction of sp³-hybridized carbons (Fsp3) is 0.605. The van der Waals surface area contributed by atoms with Crippen LogP contribution in [0.5, 0.6) is 5.75 Å². The largest absolute Gasteiger partial charge is 0.491 e. The number of amides is 1. The molecule has 6 rings (SSSR count). The fourth-order valence-corrected chi connectivity index (χ4v) is 12.7. The molecule has 1 amide bonds. The first kappa shape index (κ1) is 37.1. The molecular weight excluding hydrogens is 696 g/mol. The number of hydrogen-bond acceptors (Lipinski definition) is 8. The van der Waals surface area contributed by atoms with E-state index in [-0.39, 0.29) is 39.4 Å². The number of halogens is 1. The van der Waals surface area contributed by atoms with Crippen molar-refractivity contribution in [3.8, 4) is 5.75 Å². The molecule has 11 heteroatoms. The molecule has 0 spiro atoms. The molecule has 3 aliphatic heterocycles. The van der Waals surface area contributed by atoms with Crippen LogP contribution < -0.4 is 14.4 Å². The summed E-state index contributed by atoms with van der Waals surface area (Å²) in [7, 11) is 0.0114. The highest BCUT2D eigenvalue weighted by molar-refractivity contribution is 8.17. The van der Waals surface area contributed by atoms with Crippen molar-refractivity contribution < 1.29 is 23.6 Å². The van der Waals surface area contributed by atoms with Gasteiger partial charge in [0.25, 0.3) is 5.91 Å². The number of anilines is 1. The van der Waals surface area contributed by atoms with Gasteiger partial charge in [0.05, 0.1) is 22.1 Å². The zero-order valence-corrected chi connectivity index (χ0v) is 32.1. The molecule has 1 aliphatic carbocycles. The minimum absolute atomic E-state index is 0.00637. The van der Waals surface area contributed by atoms with E-state index in [0.717, 1.165) is 66.6 Å². The average Bonchev–Trinajstić information content (AvgIpc) is 3.26. The highest BCUT2D eigenvalue weighted by Crippen LogP contribution is 2.52. The van der Waals surface area contributed by atoms with E-state index in [1.807, 2.05) is 41.7 Å². The molecule has 0 aromatic heterocycles. The number of ether oxygens (including phenoxy) is 2. The van der Waals surface area contributed by atoms with Crippen LogP contribution in [0.4, 0.5) is 5.69 Å². The third-order valence-electron chi connectivity index (χ3n) is 10.8. The number of aliphatic hydroxyl groups is 1. The summed E-state index contributed by atoms with van der Waals surface area (Å²) in [5.74, 6) is 2.97. The number of allylic oxidation sites excluding steroid dienone is 1. The van der Waals surface area contributed by atoms with E-state index in [1.165, 1.54) is 11.1 Å². The number of hydrogen-bond donors (Lipinski definition) is 2. The summed E-state index contributed by atoms with van der Waals surface area (Å²) in [5, 5.41) is 13.2. The lowest BCUT2D eigenvalue weighted by atomic mass is 9.64. The first-order valence-electron chi connectivity index (χ1n) is 17.9. The second-order valence-corrected chi connectivity index (χ2v) is 18.7. The zero-order chi connectivity index (χ0) is 34.5. The van der Waals surface area contributed by atoms with Gasteiger partial charge < -0.3 is 19.5 Å². The van der Waals surface area contributed by atoms with Crippen molar-refractivity contribution in [1.29, 1.82) is 0 Å². The van der Waals surface area contributed by atoms with E-state index in [2.05, 4.69) is 47.8 Å². The lowest BCUT2D eigenvalue weighted by Gasteiger charge is -2.51. The number of benzene rings is 2. The number of carbonyl (C=O) groups excluding carboxylic acids is 1. The van der Waals surface area contributed by atoms with E-state index in [9.17, 15) is 14.1 Å². The third-order valence-corrected chi connectivity index (χ3v) is 15.9. The summed E-state index contributed by atoms with van der Waals surface area (Å²) in [6, 6.07) is 11.8. The summed E-state index contributed by atoms with van der Waals surface area (Å²) >= 11 is 10.2. The Balaban J connectivity index is 1.40. The third kappa shape index (κ3) is 8.36. The van der Waals surface area contributed by atoms with E-state index in [1.54, 1.807) is 13.2 Å². The normalized spacial score (nSPS) is 31.9. The van der Waals surface area contributed by atoms with Crippen LogP contribution in [0, 0.1) is 17.8 Å². The van der Waals surface area contributed by atoms with Crippen molar-refractivity contribution in [1.82, 2.24) is 4.72 Å². The van der Waals surface area contributed by atoms with Crippen molar-refractivity contribution >= 4 is 57.7 Å². The van der Waals surface area contributed by atoms with Gasteiger partial charge in [-0.1, -0.05) is 50.1 Å². The van der Waals surface area contributed by atoms with Gasteiger partial charge in [0.15, 0.2) is 0 Å². The molecule has 7 nitrogen and oxygen atoms in total. The van der Waals surface area contributed by atoms with Crippen LogP contribution in [-0.2, 0) is 22.1 Å². The standard InChI is InChI=1S/C38H51ClN2O5S3/c1-4-7-26-20-30(39)11-12-31(26)29-23-41-22-28-9-13-32(28)38(43,37-47-18-6-19-48-37)16-5-8-25(2)35(15-17-45-3)49(44)40-36(42)27-10-14-34(46-24-29)33(41)21-27/h5,10-12,14,16,20-21,25,28-29,32,35,37,43H,4,6-9,13,15,17-19,22-24H2,1-3H3,(H,40,42)/b16-5+. The monoisotopic (exact) mass is 746 g/mol. The molecule has 7 unspecified atom stereocenters. The first-order valence-corrected chi connectivity index (χ1v) is 21.5. The molecule has 0 radical (unpaired) electrons. The molecular formula is C38H51ClN2O5S3. The van der Waals surface area contributed by atoms with E-state index in [0.29, 0.717) is 38.2 Å². The van der Waals surface area contributed by atoms with Gasteiger partial charge in [-0.3, -0.25) is 9.52 Å². The van der Waals surface area contributed by atoms with Crippen molar-refractivity contribution in [2.24, 2.45) is 17.8 Å². The number of aryl methyl sites for hydroxylation is 1. The fourth-order valence-electron chi connectivity index (χ4n) is 7.95. The van der Waals surface area contributed by atoms with Crippen LogP contribution >= 0.6 is 35.1 Å². The van der Waals surface area contributed by atoms with Crippen LogP contribution in [0.15, 0.2) is 48.6 Å². The molecule has 2 aromatic rings. The smallest absolute Gasteiger partial charge is 0.263 e. The Morgan fingerprint density at radius 3 is 2.71 bits per heavy atom. The number of methoxy groups -OCH3 is 1. The van der Waals surface area contributed by atoms with Crippen molar-refractivity contribution in [3.05, 3.63) is 70.3 Å². The van der Waals surface area contributed by atoms with Gasteiger partial charge in [0.1, 0.15) is 22.3 Å². The van der Waals surface area contributed by atoms with Gasteiger partial charge in [-0.25, -0.2) is 4.21 Å². The van der Waals surface area contributed by atoms with E-state index >= 15 is 0 Å². The SMILES string of the molecule is CCCc1cc(Cl)ccc1C1COc2ccc3cc2N(C1)CC1CCC1C(O)(C1SCCCS1)/C=C/CC(C)C(CCOC)S(=O)NC3=O. The Bertz CT molecular complexity index is 1520. The van der Waals surface area contributed by atoms with Crippen LogP contribution in [0.2, 0.25) is 5.02 Å². The highest BCUT2D eigenvalue weighted by atomic mass is 35.5. The minimum Gasteiger partial charge on any atom is -0.491 e. The second-order valence-electron chi connectivity index (χ2n) is 14.1. The second kappa shape index (κ2) is 16.8. The molecule has 3 heterocycles. The van der Waals surface area contributed by atoms with Gasteiger partial charge in [0, 0.05) is 43.3 Å². The predicted molar refractivity (Wildman–Crippen MR) is 206 cm³/mol. The molecule has 2 bridgehead atoms. The summed E-state index contributed by atoms with van der Waals surface area (Å²) in [4.78, 5) is 16.1. The van der Waals surface area contributed by atoms with Gasteiger partial charge in [-0.05, 0) is 109 Å². The van der Waals surface area contributed by atoms with E-state index in [4.69, 9.17) is 21.1 Å². The van der Waals surface area contributed by atoms with Gasteiger partial charge in [-0.2, -0.15) is 0 Å². The number of carbonyl (C=O) groups is 1. The maximum Gasteiger partial charge on any atom is 0.263 e. The molecule has 2 aromatic carbocycles. The van der Waals surface area contributed by atoms with Crippen molar-refractivity contribution in [3.63, 3.8) is 0 Å². The summed E-state index contributed by atoms with van der Waals surface area (Å²) in [6.07, 6.45) is 10.5. The van der Waals surface area contributed by atoms with Crippen molar-refractivity contribution in [2.75, 3.05) is 49.8 Å². The van der Waals surface area contributed by atoms with Crippen LogP contribution in [0.3, 0.4) is 0 Å². The Morgan fingerprint density at radius 1 is 1.16 bits per heavy atom. The topological polar surface area (TPSA) is 88.1 Å². The van der Waals surface area contributed by atoms with Crippen LogP contribution in [-0.4, -0.2) is 75.6 Å². The minimum atomic E-state index is -1.63. The maximum absolute atomic E-state index is 13.8. The molecule has 268 valence electrons. The summed E-state index contributed by atoms with van der Waals surface area (Å²) in [6.45, 7) is 6.68. The highest BCUT2D eigenvalue weighted by Gasteiger charge is 2.51. The Kier molecular flexibility index (Phi) is 12.7. The molecule has 4 aliphatic rings. The van der Waals surface area contributed by atoms with Gasteiger partial charge in [-0.15, -0.1) is 23.5 Å². The zero-order valence-electron chi connectivity index (χ0n) is 28.9. The average molecular weight is 747 g/mol. The maximum atomic E-state index is 13.8. The van der Waals surface area contributed by atoms with Gasteiger partial charge in [0.2, 0.25) is 0 Å². The number of nitrogens with zero attached hydrogens (tertiary/aromatic N) is 1. The number of fused-ring (bicyclic) bond motifs is 2. The number of nitrogens with one attached hydrogen (secondary N) is 1. The number of rotatable bonds is 7. The lowest BCUT2D eigenvalue weighted by Crippen LogP contribution is -2.54. The Labute approximate surface area is 308 Å². The Morgan fingerprint density at radius 2 is 1.98 bits per heavy atom. The lowest BCUT2D eigenvalue weighted by molar-refractivity contribution is -0.0331. The summed E-state index contributed by atoms with van der Waals surface area (Å²) in [5.41, 5.74) is 2.86. The molecule has 2 fully saturated rings. The Hall–Kier alpha value is -1.69. The van der Waals surface area contributed by atoms with Crippen molar-refractivity contribution in [2.45, 2.75) is 80.1 Å². The van der Waals surface area contributed by atoms with Crippen LogP contribution in [0.1, 0.15) is 79.8 Å². The molecule has 2 N–H and O–H groups in total. The van der Waals surface area contributed by atoms with Crippen LogP contribution in [0.25, 0.3) is 0 Å². The molecule has 1 saturated carbocycles. The summed E-state index contributed by atoms with van der Waals surface area (Å²) < 4.78 is 28.6. The quantitative estimate of drug-likeness (QED) is 0.280. The molecule has 1 saturated heterocycles. The van der Waals surface area contributed by atoms with Gasteiger partial charge >= 0.3 is 0 Å².